The number of carbonyl (C=O) groups is 1. The van der Waals surface area contributed by atoms with Crippen molar-refractivity contribution in [3.05, 3.63) is 63.6 Å². The van der Waals surface area contributed by atoms with Crippen molar-refractivity contribution in [3.63, 3.8) is 0 Å². The number of unbranched alkanes of at least 4 members (excludes halogenated alkanes) is 1. The lowest BCUT2D eigenvalue weighted by molar-refractivity contribution is 0.0948. The van der Waals surface area contributed by atoms with Crippen molar-refractivity contribution in [3.8, 4) is 23.0 Å². The van der Waals surface area contributed by atoms with Crippen LogP contribution in [0.25, 0.3) is 0 Å². The molecule has 2 heterocycles. The highest BCUT2D eigenvalue weighted by atomic mass is 32.1. The molecule has 9 heteroatoms. The molecule has 1 N–H and O–H groups in total. The minimum atomic E-state index is -0.112. The quantitative estimate of drug-likeness (QED) is 0.334. The van der Waals surface area contributed by atoms with Gasteiger partial charge in [-0.2, -0.15) is 0 Å². The summed E-state index contributed by atoms with van der Waals surface area (Å²) in [7, 11) is 3.28. The Morgan fingerprint density at radius 2 is 1.86 bits per heavy atom. The van der Waals surface area contributed by atoms with Crippen molar-refractivity contribution in [2.75, 3.05) is 34.1 Å². The molecule has 8 nitrogen and oxygen atoms in total. The van der Waals surface area contributed by atoms with Crippen LogP contribution in [0.4, 0.5) is 0 Å². The van der Waals surface area contributed by atoms with E-state index in [4.69, 9.17) is 18.9 Å². The minimum Gasteiger partial charge on any atom is -0.493 e. The maximum Gasteiger partial charge on any atom is 0.270 e. The molecule has 2 aromatic carbocycles. The van der Waals surface area contributed by atoms with Crippen LogP contribution >= 0.6 is 11.3 Å². The van der Waals surface area contributed by atoms with Gasteiger partial charge in [0.2, 0.25) is 6.79 Å². The summed E-state index contributed by atoms with van der Waals surface area (Å²) in [6.45, 7) is 5.16. The third kappa shape index (κ3) is 6.67. The third-order valence-corrected chi connectivity index (χ3v) is 6.80. The molecule has 3 aromatic rings. The number of methoxy groups -OCH3 is 2. The average molecular weight is 512 g/mol. The molecule has 0 saturated heterocycles. The predicted molar refractivity (Wildman–Crippen MR) is 139 cm³/mol. The number of carbonyl (C=O) groups excluding carboxylic acids is 1. The number of amides is 1. The average Bonchev–Trinajstić information content (AvgIpc) is 3.56. The molecule has 192 valence electrons. The van der Waals surface area contributed by atoms with Crippen LogP contribution in [0.15, 0.2) is 41.8 Å². The summed E-state index contributed by atoms with van der Waals surface area (Å²) in [4.78, 5) is 19.4. The van der Waals surface area contributed by atoms with Crippen molar-refractivity contribution < 1.29 is 23.7 Å². The van der Waals surface area contributed by atoms with Gasteiger partial charge in [0.05, 0.1) is 20.8 Å². The van der Waals surface area contributed by atoms with Gasteiger partial charge < -0.3 is 24.3 Å². The standard InChI is InChI=1S/C27H33N3O5S/c1-4-5-11-28-27(31)21-17-36-26(29-21)16-30(15-20-7-9-23-25(14-20)35-18-34-23)12-10-19-6-8-22(32-2)24(13-19)33-3/h6-9,13-14,17H,4-5,10-12,15-16,18H2,1-3H3,(H,28,31). The number of thiazole rings is 1. The van der Waals surface area contributed by atoms with Crippen LogP contribution in [0.1, 0.15) is 46.4 Å². The second-order valence-electron chi connectivity index (χ2n) is 8.57. The van der Waals surface area contributed by atoms with Gasteiger partial charge in [-0.3, -0.25) is 9.69 Å². The fourth-order valence-electron chi connectivity index (χ4n) is 3.98. The summed E-state index contributed by atoms with van der Waals surface area (Å²) in [5.41, 5.74) is 2.76. The van der Waals surface area contributed by atoms with Crippen LogP contribution in [0.3, 0.4) is 0 Å². The highest BCUT2D eigenvalue weighted by Crippen LogP contribution is 2.33. The van der Waals surface area contributed by atoms with E-state index in [1.807, 2.05) is 29.6 Å². The molecule has 0 atom stereocenters. The molecule has 1 aliphatic heterocycles. The normalized spacial score (nSPS) is 12.1. The largest absolute Gasteiger partial charge is 0.493 e. The highest BCUT2D eigenvalue weighted by Gasteiger charge is 2.17. The lowest BCUT2D eigenvalue weighted by Crippen LogP contribution is -2.26. The molecule has 1 amide bonds. The van der Waals surface area contributed by atoms with E-state index >= 15 is 0 Å². The Hall–Kier alpha value is -3.30. The SMILES string of the molecule is CCCCNC(=O)c1csc(CN(CCc2ccc(OC)c(OC)c2)Cc2ccc3c(c2)OCO3)n1. The van der Waals surface area contributed by atoms with E-state index < -0.39 is 0 Å². The molecule has 36 heavy (non-hydrogen) atoms. The number of nitrogens with one attached hydrogen (secondary N) is 1. The van der Waals surface area contributed by atoms with Crippen molar-refractivity contribution >= 4 is 17.2 Å². The van der Waals surface area contributed by atoms with Crippen molar-refractivity contribution in [1.29, 1.82) is 0 Å². The summed E-state index contributed by atoms with van der Waals surface area (Å²) in [5.74, 6) is 2.86. The first kappa shape index (κ1) is 25.8. The van der Waals surface area contributed by atoms with E-state index in [9.17, 15) is 4.79 Å². The van der Waals surface area contributed by atoms with Crippen LogP contribution in [0, 0.1) is 0 Å². The van der Waals surface area contributed by atoms with E-state index in [2.05, 4.69) is 34.3 Å². The molecule has 0 bridgehead atoms. The van der Waals surface area contributed by atoms with Gasteiger partial charge in [0.25, 0.3) is 5.91 Å². The molecule has 0 spiro atoms. The molecular weight excluding hydrogens is 478 g/mol. The van der Waals surface area contributed by atoms with Gasteiger partial charge in [-0.05, 0) is 48.2 Å². The Morgan fingerprint density at radius 1 is 1.06 bits per heavy atom. The Morgan fingerprint density at radius 3 is 2.67 bits per heavy atom. The summed E-state index contributed by atoms with van der Waals surface area (Å²) in [6.07, 6.45) is 2.82. The predicted octanol–water partition coefficient (Wildman–Crippen LogP) is 4.66. The molecule has 0 aliphatic carbocycles. The van der Waals surface area contributed by atoms with Crippen LogP contribution in [0.2, 0.25) is 0 Å². The second-order valence-corrected chi connectivity index (χ2v) is 9.52. The molecule has 0 radical (unpaired) electrons. The van der Waals surface area contributed by atoms with Crippen molar-refractivity contribution in [2.45, 2.75) is 39.3 Å². The van der Waals surface area contributed by atoms with Gasteiger partial charge in [-0.25, -0.2) is 4.98 Å². The van der Waals surface area contributed by atoms with Crippen LogP contribution in [-0.4, -0.2) is 49.9 Å². The zero-order chi connectivity index (χ0) is 25.3. The number of hydrogen-bond acceptors (Lipinski definition) is 8. The zero-order valence-electron chi connectivity index (χ0n) is 21.0. The number of hydrogen-bond donors (Lipinski definition) is 1. The number of rotatable bonds is 13. The van der Waals surface area contributed by atoms with Gasteiger partial charge in [0, 0.05) is 25.0 Å². The summed E-state index contributed by atoms with van der Waals surface area (Å²) in [6, 6.07) is 12.0. The Bertz CT molecular complexity index is 1170. The number of nitrogens with zero attached hydrogens (tertiary/aromatic N) is 2. The number of fused-ring (bicyclic) bond motifs is 1. The Kier molecular flexibility index (Phi) is 9.02. The highest BCUT2D eigenvalue weighted by molar-refractivity contribution is 7.09. The van der Waals surface area contributed by atoms with Crippen LogP contribution < -0.4 is 24.3 Å². The van der Waals surface area contributed by atoms with E-state index in [1.54, 1.807) is 14.2 Å². The summed E-state index contributed by atoms with van der Waals surface area (Å²) in [5, 5.41) is 5.68. The number of ether oxygens (including phenoxy) is 4. The topological polar surface area (TPSA) is 82.2 Å². The van der Waals surface area contributed by atoms with E-state index in [-0.39, 0.29) is 12.7 Å². The van der Waals surface area contributed by atoms with Crippen LogP contribution in [-0.2, 0) is 19.5 Å². The van der Waals surface area contributed by atoms with Crippen molar-refractivity contribution in [2.24, 2.45) is 0 Å². The Labute approximate surface area is 216 Å². The molecule has 4 rings (SSSR count). The first-order valence-electron chi connectivity index (χ1n) is 12.1. The lowest BCUT2D eigenvalue weighted by Gasteiger charge is -2.22. The zero-order valence-corrected chi connectivity index (χ0v) is 21.9. The fourth-order valence-corrected chi connectivity index (χ4v) is 4.80. The number of aromatic nitrogens is 1. The third-order valence-electron chi connectivity index (χ3n) is 5.97. The lowest BCUT2D eigenvalue weighted by atomic mass is 10.1. The van der Waals surface area contributed by atoms with E-state index in [0.29, 0.717) is 31.1 Å². The second kappa shape index (κ2) is 12.6. The van der Waals surface area contributed by atoms with Gasteiger partial charge in [-0.1, -0.05) is 25.5 Å². The summed E-state index contributed by atoms with van der Waals surface area (Å²) >= 11 is 1.51. The van der Waals surface area contributed by atoms with Gasteiger partial charge in [0.1, 0.15) is 10.7 Å². The molecule has 0 unspecified atom stereocenters. The molecule has 1 aromatic heterocycles. The van der Waals surface area contributed by atoms with Gasteiger partial charge in [-0.15, -0.1) is 11.3 Å². The van der Waals surface area contributed by atoms with E-state index in [0.717, 1.165) is 59.2 Å². The minimum absolute atomic E-state index is 0.112. The first-order chi connectivity index (χ1) is 17.6. The van der Waals surface area contributed by atoms with E-state index in [1.165, 1.54) is 11.3 Å². The monoisotopic (exact) mass is 511 g/mol. The Balaban J connectivity index is 1.46. The first-order valence-corrected chi connectivity index (χ1v) is 13.0. The van der Waals surface area contributed by atoms with Gasteiger partial charge >= 0.3 is 0 Å². The van der Waals surface area contributed by atoms with Crippen LogP contribution in [0.5, 0.6) is 23.0 Å². The molecule has 0 saturated carbocycles. The maximum atomic E-state index is 12.4. The van der Waals surface area contributed by atoms with Gasteiger partial charge in [0.15, 0.2) is 23.0 Å². The molecule has 1 aliphatic rings. The molecule has 0 fully saturated rings. The maximum absolute atomic E-state index is 12.4. The van der Waals surface area contributed by atoms with Crippen molar-refractivity contribution in [1.82, 2.24) is 15.2 Å². The smallest absolute Gasteiger partial charge is 0.270 e. The molecular formula is C27H33N3O5S. The fraction of sp³-hybridized carbons (Fsp3) is 0.407. The summed E-state index contributed by atoms with van der Waals surface area (Å²) < 4.78 is 21.9. The number of benzene rings is 2.